The van der Waals surface area contributed by atoms with Crippen molar-refractivity contribution in [2.24, 2.45) is 7.05 Å². The van der Waals surface area contributed by atoms with E-state index in [1.54, 1.807) is 23.3 Å². The van der Waals surface area contributed by atoms with E-state index in [0.29, 0.717) is 11.5 Å². The van der Waals surface area contributed by atoms with E-state index in [1.807, 2.05) is 13.1 Å². The summed E-state index contributed by atoms with van der Waals surface area (Å²) < 4.78 is 1.64. The Morgan fingerprint density at radius 2 is 2.23 bits per heavy atom. The molecule has 0 amide bonds. The van der Waals surface area contributed by atoms with Gasteiger partial charge in [-0.25, -0.2) is 5.10 Å². The van der Waals surface area contributed by atoms with Gasteiger partial charge in [0.2, 0.25) is 0 Å². The summed E-state index contributed by atoms with van der Waals surface area (Å²) in [5.74, 6) is 0.609. The van der Waals surface area contributed by atoms with Crippen LogP contribution in [-0.4, -0.2) is 19.7 Å². The molecule has 1 radical (unpaired) electrons. The van der Waals surface area contributed by atoms with E-state index in [1.165, 1.54) is 0 Å². The largest absolute Gasteiger partial charge is 0.293 e. The number of hydrogen-bond donors (Lipinski definition) is 0. The number of pyridine rings is 1. The van der Waals surface area contributed by atoms with Gasteiger partial charge in [-0.2, -0.15) is 12.1 Å². The maximum absolute atomic E-state index is 4.09. The molecule has 0 aliphatic rings. The first-order chi connectivity index (χ1) is 5.86. The molecule has 2 heterocycles. The molecule has 2 aromatic heterocycles. The third-order valence-electron chi connectivity index (χ3n) is 1.42. The fraction of sp³-hybridized carbons (Fsp3) is 0.125. The van der Waals surface area contributed by atoms with Crippen LogP contribution in [0.25, 0.3) is 11.5 Å². The molecule has 0 N–H and O–H groups in total. The van der Waals surface area contributed by atoms with Crippen LogP contribution in [-0.2, 0) is 27.2 Å². The maximum Gasteiger partial charge on any atom is 0.0987 e. The molecule has 0 bridgehead atoms. The normalized spacial score (nSPS) is 9.31. The second-order valence-electron chi connectivity index (χ2n) is 2.37. The Balaban J connectivity index is 0.000000845. The third kappa shape index (κ3) is 2.20. The van der Waals surface area contributed by atoms with E-state index >= 15 is 0 Å². The van der Waals surface area contributed by atoms with Gasteiger partial charge >= 0.3 is 0 Å². The monoisotopic (exact) mass is 352 g/mol. The van der Waals surface area contributed by atoms with E-state index in [4.69, 9.17) is 0 Å². The minimum absolute atomic E-state index is 0. The van der Waals surface area contributed by atoms with Crippen molar-refractivity contribution in [1.29, 1.82) is 0 Å². The molecular formula is C8H7IrN4-. The minimum atomic E-state index is 0. The number of hydrogen-bond acceptors (Lipinski definition) is 3. The summed E-state index contributed by atoms with van der Waals surface area (Å²) in [6.45, 7) is 0. The van der Waals surface area contributed by atoms with Gasteiger partial charge in [0.1, 0.15) is 0 Å². The van der Waals surface area contributed by atoms with Gasteiger partial charge in [0, 0.05) is 27.2 Å². The fourth-order valence-electron chi connectivity index (χ4n) is 0.895. The summed E-state index contributed by atoms with van der Waals surface area (Å²) >= 11 is 0. The van der Waals surface area contributed by atoms with Gasteiger partial charge in [0.15, 0.2) is 0 Å². The first kappa shape index (κ1) is 10.0. The molecule has 2 aromatic rings. The Kier molecular flexibility index (Phi) is 3.28. The zero-order valence-corrected chi connectivity index (χ0v) is 9.33. The van der Waals surface area contributed by atoms with Crippen molar-refractivity contribution in [1.82, 2.24) is 19.7 Å². The first-order valence-corrected chi connectivity index (χ1v) is 3.55. The molecule has 0 atom stereocenters. The Morgan fingerprint density at radius 3 is 2.77 bits per heavy atom. The van der Waals surface area contributed by atoms with Crippen LogP contribution in [0.3, 0.4) is 0 Å². The van der Waals surface area contributed by atoms with Crippen molar-refractivity contribution >= 4 is 0 Å². The van der Waals surface area contributed by atoms with Gasteiger partial charge in [-0.15, -0.1) is 6.07 Å². The van der Waals surface area contributed by atoms with Crippen molar-refractivity contribution in [3.8, 4) is 11.5 Å². The number of nitrogens with zero attached hydrogens (tertiary/aromatic N) is 4. The van der Waals surface area contributed by atoms with Gasteiger partial charge in [-0.1, -0.05) is 0 Å². The van der Waals surface area contributed by atoms with E-state index < -0.39 is 0 Å². The van der Waals surface area contributed by atoms with Crippen LogP contribution in [0.1, 0.15) is 0 Å². The predicted octanol–water partition coefficient (Wildman–Crippen LogP) is 0.675. The standard InChI is InChI=1S/C8H7N4.Ir/c1-12-6-10-8(11-12)7-4-2-3-5-9-7;/h2-3,5-6H,1H3;/q-1;. The molecule has 69 valence electrons. The molecule has 0 spiro atoms. The fourth-order valence-corrected chi connectivity index (χ4v) is 0.895. The van der Waals surface area contributed by atoms with Crippen LogP contribution >= 0.6 is 0 Å². The number of aryl methyl sites for hydroxylation is 1. The smallest absolute Gasteiger partial charge is 0.0987 e. The summed E-state index contributed by atoms with van der Waals surface area (Å²) in [6.07, 6.45) is 3.33. The molecule has 0 fully saturated rings. The molecule has 2 rings (SSSR count). The Morgan fingerprint density at radius 1 is 1.38 bits per heavy atom. The van der Waals surface area contributed by atoms with E-state index in [9.17, 15) is 0 Å². The van der Waals surface area contributed by atoms with Gasteiger partial charge in [0.25, 0.3) is 0 Å². The zero-order valence-electron chi connectivity index (χ0n) is 6.93. The second-order valence-corrected chi connectivity index (χ2v) is 2.37. The molecule has 0 aliphatic carbocycles. The van der Waals surface area contributed by atoms with Crippen molar-refractivity contribution in [3.63, 3.8) is 0 Å². The molecule has 0 saturated heterocycles. The van der Waals surface area contributed by atoms with Crippen LogP contribution < -0.4 is 0 Å². The summed E-state index contributed by atoms with van der Waals surface area (Å²) in [6, 6.07) is 6.55. The van der Waals surface area contributed by atoms with E-state index in [-0.39, 0.29) is 20.1 Å². The summed E-state index contributed by atoms with van der Waals surface area (Å²) in [5, 5.41) is 4.09. The predicted molar refractivity (Wildman–Crippen MR) is 43.1 cm³/mol. The van der Waals surface area contributed by atoms with Crippen LogP contribution in [0.5, 0.6) is 0 Å². The van der Waals surface area contributed by atoms with Crippen molar-refractivity contribution in [2.45, 2.75) is 0 Å². The summed E-state index contributed by atoms with van der Waals surface area (Å²) in [5.41, 5.74) is 0.679. The summed E-state index contributed by atoms with van der Waals surface area (Å²) in [7, 11) is 1.82. The SMILES string of the molecule is Cn1cnc(-c2[c-]cccn2)n1.[Ir]. The number of rotatable bonds is 1. The molecule has 0 aromatic carbocycles. The van der Waals surface area contributed by atoms with Crippen LogP contribution in [0.15, 0.2) is 24.7 Å². The van der Waals surface area contributed by atoms with Gasteiger partial charge in [-0.05, 0) is 11.9 Å². The minimum Gasteiger partial charge on any atom is -0.293 e. The average molecular weight is 351 g/mol. The van der Waals surface area contributed by atoms with Crippen molar-refractivity contribution in [2.75, 3.05) is 0 Å². The van der Waals surface area contributed by atoms with Crippen LogP contribution in [0.2, 0.25) is 0 Å². The number of aromatic nitrogens is 4. The molecular weight excluding hydrogens is 344 g/mol. The molecule has 4 nitrogen and oxygen atoms in total. The van der Waals surface area contributed by atoms with Crippen molar-refractivity contribution < 1.29 is 20.1 Å². The maximum atomic E-state index is 4.09. The Bertz CT molecular complexity index is 371. The van der Waals surface area contributed by atoms with Crippen molar-refractivity contribution in [3.05, 3.63) is 30.7 Å². The molecule has 0 aliphatic heterocycles. The summed E-state index contributed by atoms with van der Waals surface area (Å²) in [4.78, 5) is 8.11. The molecule has 5 heteroatoms. The Hall–Kier alpha value is -1.06. The first-order valence-electron chi connectivity index (χ1n) is 3.55. The third-order valence-corrected chi connectivity index (χ3v) is 1.42. The van der Waals surface area contributed by atoms with Gasteiger partial charge < -0.3 is 0 Å². The van der Waals surface area contributed by atoms with E-state index in [0.717, 1.165) is 0 Å². The molecule has 0 unspecified atom stereocenters. The quantitative estimate of drug-likeness (QED) is 0.710. The second kappa shape index (κ2) is 4.25. The van der Waals surface area contributed by atoms with E-state index in [2.05, 4.69) is 21.1 Å². The van der Waals surface area contributed by atoms with Crippen LogP contribution in [0.4, 0.5) is 0 Å². The Labute approximate surface area is 89.4 Å². The van der Waals surface area contributed by atoms with Gasteiger partial charge in [0.05, 0.1) is 12.2 Å². The zero-order chi connectivity index (χ0) is 8.39. The molecule has 13 heavy (non-hydrogen) atoms. The molecule has 0 saturated carbocycles. The van der Waals surface area contributed by atoms with Gasteiger partial charge in [-0.3, -0.25) is 14.6 Å². The van der Waals surface area contributed by atoms with Crippen LogP contribution in [0, 0.1) is 6.07 Å². The topological polar surface area (TPSA) is 43.6 Å². The average Bonchev–Trinajstić information content (AvgIpc) is 2.54.